The van der Waals surface area contributed by atoms with Crippen LogP contribution >= 0.6 is 0 Å². The Morgan fingerprint density at radius 3 is 1.72 bits per heavy atom. The van der Waals surface area contributed by atoms with Gasteiger partial charge in [-0.25, -0.2) is 25.3 Å². The number of hydrogen-bond acceptors (Lipinski definition) is 13. The molecule has 0 heterocycles. The molecule has 0 aliphatic heterocycles. The van der Waals surface area contributed by atoms with Gasteiger partial charge in [-0.3, -0.25) is 19.7 Å². The standard InChI is InChI=1S/C24H17N3O13S3.3Na/c28-23(14-4-2-6-16(10-14)27(30)31)25-15-5-1-3-13(9-15)24(29)26-19-7-8-20(42(35,36)37)18-11-17(41(32,33)34)12-21(22(18)19)43(38,39)40;;;/h1-12H,(H,25,28)(H,26,29)(H,32,33,34)(H,35,36,37)(H,38,39,40);;;/q;3*+1/p-3. The van der Waals surface area contributed by atoms with Crippen molar-refractivity contribution in [3.05, 3.63) is 94.0 Å². The summed E-state index contributed by atoms with van der Waals surface area (Å²) in [5.74, 6) is -1.78. The minimum absolute atomic E-state index is 0. The molecular weight excluding hydrogens is 703 g/mol. The van der Waals surface area contributed by atoms with Crippen LogP contribution in [0, 0.1) is 10.1 Å². The molecule has 0 aromatic heterocycles. The zero-order chi connectivity index (χ0) is 31.9. The van der Waals surface area contributed by atoms with E-state index in [0.29, 0.717) is 12.1 Å². The Hall–Kier alpha value is -1.79. The van der Waals surface area contributed by atoms with Gasteiger partial charge in [-0.15, -0.1) is 0 Å². The van der Waals surface area contributed by atoms with E-state index in [9.17, 15) is 58.6 Å². The molecule has 0 bridgehead atoms. The van der Waals surface area contributed by atoms with Crippen LogP contribution < -0.4 is 99.3 Å². The molecular formula is C24H14N3Na3O13S3. The molecule has 0 aliphatic rings. The van der Waals surface area contributed by atoms with Crippen molar-refractivity contribution < 1.29 is 142 Å². The van der Waals surface area contributed by atoms with E-state index < -0.39 is 78.2 Å². The number of anilines is 2. The molecule has 2 amide bonds. The first-order valence-electron chi connectivity index (χ1n) is 11.3. The number of amides is 2. The maximum atomic E-state index is 13.1. The molecule has 0 spiro atoms. The van der Waals surface area contributed by atoms with Crippen molar-refractivity contribution >= 4 is 70.0 Å². The van der Waals surface area contributed by atoms with Gasteiger partial charge >= 0.3 is 88.7 Å². The molecule has 4 rings (SSSR count). The SMILES string of the molecule is O=C(Nc1cccc(C(=O)Nc2ccc(S(=O)(=O)[O-])c3cc(S(=O)(=O)[O-])cc(S(=O)(=O)[O-])c23)c1)c1cccc([N+](=O)[O-])c1.[Na+].[Na+].[Na+]. The summed E-state index contributed by atoms with van der Waals surface area (Å²) < 4.78 is 106. The van der Waals surface area contributed by atoms with E-state index in [2.05, 4.69) is 10.6 Å². The second-order valence-electron chi connectivity index (χ2n) is 8.61. The van der Waals surface area contributed by atoms with Gasteiger partial charge in [0, 0.05) is 39.7 Å². The predicted octanol–water partition coefficient (Wildman–Crippen LogP) is -7.02. The molecule has 2 N–H and O–H groups in total. The number of carbonyl (C=O) groups excluding carboxylic acids is 2. The third kappa shape index (κ3) is 9.87. The first kappa shape index (κ1) is 42.2. The molecule has 0 aliphatic carbocycles. The molecule has 4 aromatic carbocycles. The Kier molecular flexibility index (Phi) is 14.8. The molecule has 16 nitrogen and oxygen atoms in total. The number of carbonyl (C=O) groups is 2. The minimum Gasteiger partial charge on any atom is -0.744 e. The van der Waals surface area contributed by atoms with E-state index in [1.54, 1.807) is 0 Å². The fourth-order valence-corrected chi connectivity index (χ4v) is 5.96. The van der Waals surface area contributed by atoms with Crippen molar-refractivity contribution in [2.24, 2.45) is 0 Å². The number of hydrogen-bond donors (Lipinski definition) is 2. The summed E-state index contributed by atoms with van der Waals surface area (Å²) in [5, 5.41) is 13.9. The van der Waals surface area contributed by atoms with Crippen molar-refractivity contribution in [3.63, 3.8) is 0 Å². The number of nitro groups is 1. The summed E-state index contributed by atoms with van der Waals surface area (Å²) in [6, 6.07) is 11.8. The van der Waals surface area contributed by atoms with E-state index in [4.69, 9.17) is 0 Å². The van der Waals surface area contributed by atoms with Crippen molar-refractivity contribution in [1.29, 1.82) is 0 Å². The molecule has 4 aromatic rings. The molecule has 224 valence electrons. The van der Waals surface area contributed by atoms with Gasteiger partial charge in [-0.1, -0.05) is 12.1 Å². The Morgan fingerprint density at radius 1 is 0.630 bits per heavy atom. The van der Waals surface area contributed by atoms with Crippen molar-refractivity contribution in [2.75, 3.05) is 10.6 Å². The topological polar surface area (TPSA) is 273 Å². The molecule has 0 atom stereocenters. The molecule has 0 fully saturated rings. The zero-order valence-electron chi connectivity index (χ0n) is 23.9. The molecule has 0 saturated heterocycles. The third-order valence-electron chi connectivity index (χ3n) is 5.79. The van der Waals surface area contributed by atoms with Crippen LogP contribution in [-0.2, 0) is 30.4 Å². The minimum atomic E-state index is -5.64. The van der Waals surface area contributed by atoms with Crippen LogP contribution in [0.3, 0.4) is 0 Å². The van der Waals surface area contributed by atoms with Crippen LogP contribution in [0.25, 0.3) is 10.8 Å². The van der Waals surface area contributed by atoms with Gasteiger partial charge in [0.25, 0.3) is 17.5 Å². The second-order valence-corrected chi connectivity index (χ2v) is 12.7. The first-order chi connectivity index (χ1) is 19.9. The van der Waals surface area contributed by atoms with E-state index in [1.165, 1.54) is 36.4 Å². The Bertz CT molecular complexity index is 2200. The van der Waals surface area contributed by atoms with E-state index >= 15 is 0 Å². The molecule has 0 saturated carbocycles. The van der Waals surface area contributed by atoms with Crippen LogP contribution in [0.15, 0.2) is 87.5 Å². The van der Waals surface area contributed by atoms with E-state index in [-0.39, 0.29) is 117 Å². The fraction of sp³-hybridized carbons (Fsp3) is 0. The van der Waals surface area contributed by atoms with Crippen molar-refractivity contribution in [2.45, 2.75) is 14.7 Å². The summed E-state index contributed by atoms with van der Waals surface area (Å²) in [6.45, 7) is 0. The number of benzene rings is 4. The fourth-order valence-electron chi connectivity index (χ4n) is 3.95. The smallest absolute Gasteiger partial charge is 0.744 e. The zero-order valence-corrected chi connectivity index (χ0v) is 32.4. The van der Waals surface area contributed by atoms with Gasteiger partial charge in [-0.05, 0) is 48.5 Å². The number of nitro benzene ring substituents is 1. The van der Waals surface area contributed by atoms with Crippen molar-refractivity contribution in [3.8, 4) is 0 Å². The monoisotopic (exact) mass is 717 g/mol. The van der Waals surface area contributed by atoms with Gasteiger partial charge in [0.2, 0.25) is 0 Å². The number of nitrogens with zero attached hydrogens (tertiary/aromatic N) is 1. The van der Waals surface area contributed by atoms with Crippen LogP contribution in [0.4, 0.5) is 17.1 Å². The molecule has 0 radical (unpaired) electrons. The number of non-ortho nitro benzene ring substituents is 1. The Labute approximate surface area is 327 Å². The largest absolute Gasteiger partial charge is 1.00 e. The Morgan fingerprint density at radius 2 is 1.17 bits per heavy atom. The maximum Gasteiger partial charge on any atom is 1.00 e. The predicted molar refractivity (Wildman–Crippen MR) is 143 cm³/mol. The van der Waals surface area contributed by atoms with Gasteiger partial charge < -0.3 is 24.3 Å². The van der Waals surface area contributed by atoms with E-state index in [0.717, 1.165) is 18.2 Å². The number of fused-ring (bicyclic) bond motifs is 1. The average molecular weight is 718 g/mol. The normalized spacial score (nSPS) is 11.3. The second kappa shape index (κ2) is 16.1. The van der Waals surface area contributed by atoms with Crippen LogP contribution in [0.5, 0.6) is 0 Å². The number of nitrogens with one attached hydrogen (secondary N) is 2. The van der Waals surface area contributed by atoms with Gasteiger partial charge in [0.05, 0.1) is 25.3 Å². The average Bonchev–Trinajstić information content (AvgIpc) is 2.91. The number of rotatable bonds is 8. The maximum absolute atomic E-state index is 13.1. The quantitative estimate of drug-likeness (QED) is 0.0743. The van der Waals surface area contributed by atoms with Crippen LogP contribution in [0.2, 0.25) is 0 Å². The Balaban J connectivity index is 0.00000353. The molecule has 22 heteroatoms. The van der Waals surface area contributed by atoms with Crippen molar-refractivity contribution in [1.82, 2.24) is 0 Å². The summed E-state index contributed by atoms with van der Waals surface area (Å²) in [7, 11) is -16.5. The third-order valence-corrected chi connectivity index (χ3v) is 8.36. The van der Waals surface area contributed by atoms with Crippen LogP contribution in [-0.4, -0.2) is 55.6 Å². The van der Waals surface area contributed by atoms with Crippen LogP contribution in [0.1, 0.15) is 20.7 Å². The summed E-state index contributed by atoms with van der Waals surface area (Å²) in [6.07, 6.45) is 0. The van der Waals surface area contributed by atoms with Gasteiger partial charge in [0.15, 0.2) is 0 Å². The van der Waals surface area contributed by atoms with E-state index in [1.807, 2.05) is 0 Å². The first-order valence-corrected chi connectivity index (χ1v) is 15.5. The summed E-state index contributed by atoms with van der Waals surface area (Å²) in [4.78, 5) is 32.1. The molecule has 46 heavy (non-hydrogen) atoms. The molecule has 0 unspecified atom stereocenters. The van der Waals surface area contributed by atoms with Gasteiger partial charge in [-0.2, -0.15) is 0 Å². The van der Waals surface area contributed by atoms with Gasteiger partial charge in [0.1, 0.15) is 30.4 Å². The summed E-state index contributed by atoms with van der Waals surface area (Å²) in [5.41, 5.74) is -1.12. The summed E-state index contributed by atoms with van der Waals surface area (Å²) >= 11 is 0.